The minimum atomic E-state index is 0.298. The molecule has 0 atom stereocenters. The summed E-state index contributed by atoms with van der Waals surface area (Å²) >= 11 is 1.89. The van der Waals surface area contributed by atoms with Crippen LogP contribution in [0.4, 0.5) is 0 Å². The fourth-order valence-electron chi connectivity index (χ4n) is 2.16. The Morgan fingerprint density at radius 1 is 1.38 bits per heavy atom. The molecule has 16 heavy (non-hydrogen) atoms. The van der Waals surface area contributed by atoms with E-state index in [4.69, 9.17) is 4.74 Å². The van der Waals surface area contributed by atoms with E-state index in [-0.39, 0.29) is 0 Å². The molecule has 0 amide bonds. The van der Waals surface area contributed by atoms with E-state index in [1.54, 1.807) is 0 Å². The van der Waals surface area contributed by atoms with Crippen LogP contribution in [0.1, 0.15) is 39.0 Å². The summed E-state index contributed by atoms with van der Waals surface area (Å²) in [7, 11) is 0. The van der Waals surface area contributed by atoms with Gasteiger partial charge in [-0.05, 0) is 19.3 Å². The quantitative estimate of drug-likeness (QED) is 0.769. The molecule has 0 bridgehead atoms. The van der Waals surface area contributed by atoms with E-state index in [1.165, 1.54) is 25.0 Å². The van der Waals surface area contributed by atoms with Crippen molar-refractivity contribution in [3.05, 3.63) is 0 Å². The molecule has 2 heterocycles. The Kier molecular flexibility index (Phi) is 4.53. The number of thioether (sulfide) groups is 1. The van der Waals surface area contributed by atoms with Crippen molar-refractivity contribution in [1.82, 2.24) is 5.32 Å². The third-order valence-electron chi connectivity index (χ3n) is 3.32. The van der Waals surface area contributed by atoms with Crippen molar-refractivity contribution in [3.8, 4) is 0 Å². The number of aliphatic imine (C=N–C) groups is 1. The third-order valence-corrected chi connectivity index (χ3v) is 4.53. The van der Waals surface area contributed by atoms with Gasteiger partial charge in [0.25, 0.3) is 0 Å². The molecule has 0 aliphatic carbocycles. The van der Waals surface area contributed by atoms with Crippen LogP contribution in [-0.2, 0) is 4.74 Å². The van der Waals surface area contributed by atoms with Gasteiger partial charge in [0.15, 0.2) is 5.17 Å². The number of rotatable bonds is 4. The van der Waals surface area contributed by atoms with Crippen molar-refractivity contribution in [1.29, 1.82) is 0 Å². The van der Waals surface area contributed by atoms with Gasteiger partial charge < -0.3 is 10.1 Å². The van der Waals surface area contributed by atoms with Crippen LogP contribution < -0.4 is 5.32 Å². The zero-order valence-corrected chi connectivity index (χ0v) is 10.9. The zero-order chi connectivity index (χ0) is 11.3. The fourth-order valence-corrected chi connectivity index (χ4v) is 3.41. The average Bonchev–Trinajstić information content (AvgIpc) is 2.69. The molecule has 1 N–H and O–H groups in total. The monoisotopic (exact) mass is 242 g/mol. The molecule has 4 heteroatoms. The normalized spacial score (nSPS) is 26.2. The number of nitrogens with zero attached hydrogens (tertiary/aromatic N) is 1. The maximum absolute atomic E-state index is 5.42. The molecule has 0 saturated carbocycles. The van der Waals surface area contributed by atoms with Crippen molar-refractivity contribution < 1.29 is 4.74 Å². The Bertz CT molecular complexity index is 249. The lowest BCUT2D eigenvalue weighted by molar-refractivity contribution is 0.0555. The van der Waals surface area contributed by atoms with Gasteiger partial charge in [-0.25, -0.2) is 0 Å². The number of ether oxygens (including phenoxy) is 1. The lowest BCUT2D eigenvalue weighted by Crippen LogP contribution is -2.48. The van der Waals surface area contributed by atoms with Crippen LogP contribution in [0.3, 0.4) is 0 Å². The molecular weight excluding hydrogens is 220 g/mol. The highest BCUT2D eigenvalue weighted by atomic mass is 32.2. The molecule has 2 rings (SSSR count). The van der Waals surface area contributed by atoms with Crippen LogP contribution in [0, 0.1) is 0 Å². The lowest BCUT2D eigenvalue weighted by atomic mass is 9.93. The molecule has 1 spiro atoms. The third kappa shape index (κ3) is 3.14. The van der Waals surface area contributed by atoms with Gasteiger partial charge >= 0.3 is 0 Å². The number of hydrogen-bond donors (Lipinski definition) is 1. The van der Waals surface area contributed by atoms with Crippen LogP contribution in [-0.4, -0.2) is 36.2 Å². The van der Waals surface area contributed by atoms with Gasteiger partial charge in [-0.1, -0.05) is 31.5 Å². The van der Waals surface area contributed by atoms with Gasteiger partial charge in [-0.3, -0.25) is 4.99 Å². The van der Waals surface area contributed by atoms with Crippen LogP contribution in [0.25, 0.3) is 0 Å². The first-order chi connectivity index (χ1) is 7.85. The zero-order valence-electron chi connectivity index (χ0n) is 10.1. The van der Waals surface area contributed by atoms with E-state index in [2.05, 4.69) is 17.2 Å². The highest BCUT2D eigenvalue weighted by Crippen LogP contribution is 2.31. The summed E-state index contributed by atoms with van der Waals surface area (Å²) < 4.78 is 5.42. The van der Waals surface area contributed by atoms with E-state index in [9.17, 15) is 0 Å². The maximum atomic E-state index is 5.42. The van der Waals surface area contributed by atoms with Crippen LogP contribution in [0.5, 0.6) is 0 Å². The second-order valence-corrected chi connectivity index (χ2v) is 5.66. The minimum absolute atomic E-state index is 0.298. The second kappa shape index (κ2) is 5.92. The number of unbranched alkanes of at least 4 members (excludes halogenated alkanes) is 2. The van der Waals surface area contributed by atoms with E-state index in [0.29, 0.717) is 5.54 Å². The Labute approximate surface area is 102 Å². The predicted molar refractivity (Wildman–Crippen MR) is 70.2 cm³/mol. The maximum Gasteiger partial charge on any atom is 0.157 e. The van der Waals surface area contributed by atoms with Gasteiger partial charge in [0.2, 0.25) is 0 Å². The molecule has 2 fully saturated rings. The topological polar surface area (TPSA) is 33.6 Å². The summed E-state index contributed by atoms with van der Waals surface area (Å²) in [5, 5.41) is 4.78. The fraction of sp³-hybridized carbons (Fsp3) is 0.917. The molecule has 2 aliphatic rings. The molecule has 2 aliphatic heterocycles. The molecular formula is C12H22N2OS. The Hall–Kier alpha value is -0.220. The van der Waals surface area contributed by atoms with Crippen LogP contribution in [0.2, 0.25) is 0 Å². The van der Waals surface area contributed by atoms with E-state index in [1.807, 2.05) is 11.8 Å². The average molecular weight is 242 g/mol. The van der Waals surface area contributed by atoms with Crippen LogP contribution in [0.15, 0.2) is 4.99 Å². The smallest absolute Gasteiger partial charge is 0.157 e. The Morgan fingerprint density at radius 3 is 2.94 bits per heavy atom. The van der Waals surface area contributed by atoms with Gasteiger partial charge in [-0.15, -0.1) is 0 Å². The molecule has 3 nitrogen and oxygen atoms in total. The number of amidine groups is 1. The summed E-state index contributed by atoms with van der Waals surface area (Å²) in [5.41, 5.74) is 0.298. The molecule has 2 saturated heterocycles. The van der Waals surface area contributed by atoms with Gasteiger partial charge in [0, 0.05) is 25.5 Å². The van der Waals surface area contributed by atoms with E-state index in [0.717, 1.165) is 37.8 Å². The highest BCUT2D eigenvalue weighted by Gasteiger charge is 2.38. The van der Waals surface area contributed by atoms with E-state index < -0.39 is 0 Å². The minimum Gasteiger partial charge on any atom is -0.381 e. The Balaban J connectivity index is 1.77. The van der Waals surface area contributed by atoms with Crippen molar-refractivity contribution in [3.63, 3.8) is 0 Å². The Morgan fingerprint density at radius 2 is 2.19 bits per heavy atom. The van der Waals surface area contributed by atoms with E-state index >= 15 is 0 Å². The largest absolute Gasteiger partial charge is 0.381 e. The first-order valence-corrected chi connectivity index (χ1v) is 7.36. The first-order valence-electron chi connectivity index (χ1n) is 6.38. The van der Waals surface area contributed by atoms with Crippen LogP contribution >= 0.6 is 11.8 Å². The summed E-state index contributed by atoms with van der Waals surface area (Å²) in [6, 6.07) is 0. The molecule has 0 radical (unpaired) electrons. The summed E-state index contributed by atoms with van der Waals surface area (Å²) in [5.74, 6) is 1.17. The highest BCUT2D eigenvalue weighted by molar-refractivity contribution is 8.14. The molecule has 92 valence electrons. The molecule has 0 unspecified atom stereocenters. The summed E-state index contributed by atoms with van der Waals surface area (Å²) in [6.07, 6.45) is 6.05. The SMILES string of the molecule is CCCCCN=C1NC2(CCOCC2)CS1. The number of nitrogens with one attached hydrogen (secondary N) is 1. The van der Waals surface area contributed by atoms with Gasteiger partial charge in [0.05, 0.1) is 5.54 Å². The van der Waals surface area contributed by atoms with Crippen molar-refractivity contribution in [2.75, 3.05) is 25.5 Å². The number of hydrogen-bond acceptors (Lipinski definition) is 3. The molecule has 0 aromatic rings. The van der Waals surface area contributed by atoms with Crippen molar-refractivity contribution in [2.24, 2.45) is 4.99 Å². The summed E-state index contributed by atoms with van der Waals surface area (Å²) in [6.45, 7) is 5.01. The molecule has 0 aromatic heterocycles. The molecule has 0 aromatic carbocycles. The summed E-state index contributed by atoms with van der Waals surface area (Å²) in [4.78, 5) is 4.64. The second-order valence-electron chi connectivity index (χ2n) is 4.70. The van der Waals surface area contributed by atoms with Crippen molar-refractivity contribution in [2.45, 2.75) is 44.6 Å². The van der Waals surface area contributed by atoms with Gasteiger partial charge in [-0.2, -0.15) is 0 Å². The van der Waals surface area contributed by atoms with Crippen molar-refractivity contribution >= 4 is 16.9 Å². The predicted octanol–water partition coefficient (Wildman–Crippen LogP) is 2.42. The standard InChI is InChI=1S/C12H22N2OS/c1-2-3-4-7-13-11-14-12(10-16-11)5-8-15-9-6-12/h2-10H2,1H3,(H,13,14). The first kappa shape index (κ1) is 12.2. The lowest BCUT2D eigenvalue weighted by Gasteiger charge is -2.32. The van der Waals surface area contributed by atoms with Gasteiger partial charge in [0.1, 0.15) is 0 Å².